The molecule has 3 rings (SSSR count). The molecule has 3 aromatic rings. The van der Waals surface area contributed by atoms with Crippen LogP contribution in [0.3, 0.4) is 0 Å². The predicted molar refractivity (Wildman–Crippen MR) is 184 cm³/mol. The first-order valence-corrected chi connectivity index (χ1v) is 15.7. The topological polar surface area (TPSA) is 101 Å². The van der Waals surface area contributed by atoms with E-state index in [4.69, 9.17) is 4.74 Å². The Bertz CT molecular complexity index is 1460. The molecule has 0 radical (unpaired) electrons. The van der Waals surface area contributed by atoms with E-state index in [2.05, 4.69) is 11.9 Å². The van der Waals surface area contributed by atoms with Gasteiger partial charge in [-0.1, -0.05) is 62.9 Å². The van der Waals surface area contributed by atoms with Gasteiger partial charge in [0.05, 0.1) is 30.4 Å². The third-order valence-electron chi connectivity index (χ3n) is 7.12. The predicted octanol–water partition coefficient (Wildman–Crippen LogP) is 7.59. The SMILES string of the molecule is C=C/C=C(\C=C/C)NC.CC(C)OC(=O)CC(O)CC(O)CCn1c(-c2ccc(F)cc2)c(-c2ccccc2)c(C=O)c1C(C)C. The molecule has 0 spiro atoms. The molecule has 0 aliphatic heterocycles. The van der Waals surface area contributed by atoms with Gasteiger partial charge in [0.15, 0.2) is 6.29 Å². The zero-order chi connectivity index (χ0) is 34.2. The minimum Gasteiger partial charge on any atom is -0.463 e. The molecule has 1 heterocycles. The van der Waals surface area contributed by atoms with E-state index in [0.717, 1.165) is 40.1 Å². The molecule has 7 nitrogen and oxygen atoms in total. The molecule has 0 saturated heterocycles. The second-order valence-electron chi connectivity index (χ2n) is 11.5. The molecule has 0 bridgehead atoms. The second kappa shape index (κ2) is 19.3. The van der Waals surface area contributed by atoms with E-state index in [-0.39, 0.29) is 37.1 Å². The quantitative estimate of drug-likeness (QED) is 0.0907. The van der Waals surface area contributed by atoms with Crippen LogP contribution in [0.25, 0.3) is 22.4 Å². The summed E-state index contributed by atoms with van der Waals surface area (Å²) < 4.78 is 20.9. The number of hydrogen-bond acceptors (Lipinski definition) is 6. The van der Waals surface area contributed by atoms with Gasteiger partial charge in [0, 0.05) is 36.1 Å². The number of ether oxygens (including phenoxy) is 1. The molecule has 46 heavy (non-hydrogen) atoms. The van der Waals surface area contributed by atoms with Crippen molar-refractivity contribution in [3.05, 3.63) is 108 Å². The summed E-state index contributed by atoms with van der Waals surface area (Å²) in [7, 11) is 1.88. The molecule has 3 N–H and O–H groups in total. The van der Waals surface area contributed by atoms with Crippen LogP contribution < -0.4 is 5.32 Å². The number of likely N-dealkylation sites (N-methyl/N-ethyl adjacent to an activating group) is 1. The van der Waals surface area contributed by atoms with E-state index in [9.17, 15) is 24.2 Å². The Morgan fingerprint density at radius 2 is 1.67 bits per heavy atom. The number of aromatic nitrogens is 1. The highest BCUT2D eigenvalue weighted by Gasteiger charge is 2.27. The lowest BCUT2D eigenvalue weighted by Crippen LogP contribution is -2.24. The molecule has 0 aliphatic rings. The summed E-state index contributed by atoms with van der Waals surface area (Å²) in [6, 6.07) is 15.7. The van der Waals surface area contributed by atoms with Gasteiger partial charge < -0.3 is 24.8 Å². The first kappa shape index (κ1) is 37.9. The first-order valence-electron chi connectivity index (χ1n) is 15.7. The molecular weight excluding hydrogens is 583 g/mol. The Labute approximate surface area is 273 Å². The number of aldehydes is 1. The van der Waals surface area contributed by atoms with Crippen molar-refractivity contribution >= 4 is 12.3 Å². The highest BCUT2D eigenvalue weighted by molar-refractivity contribution is 5.97. The lowest BCUT2D eigenvalue weighted by Gasteiger charge is -2.20. The summed E-state index contributed by atoms with van der Waals surface area (Å²) in [6.45, 7) is 13.4. The summed E-state index contributed by atoms with van der Waals surface area (Å²) in [6.07, 6.45) is 6.42. The molecule has 0 fully saturated rings. The second-order valence-corrected chi connectivity index (χ2v) is 11.5. The number of carbonyl (C=O) groups excluding carboxylic acids is 2. The van der Waals surface area contributed by atoms with E-state index in [0.29, 0.717) is 12.1 Å². The molecule has 2 aromatic carbocycles. The summed E-state index contributed by atoms with van der Waals surface area (Å²) >= 11 is 0. The van der Waals surface area contributed by atoms with E-state index < -0.39 is 18.2 Å². The van der Waals surface area contributed by atoms with Crippen LogP contribution >= 0.6 is 0 Å². The summed E-state index contributed by atoms with van der Waals surface area (Å²) in [5.41, 5.74) is 5.60. The molecule has 0 saturated carbocycles. The average molecular weight is 633 g/mol. The van der Waals surface area contributed by atoms with Crippen molar-refractivity contribution in [3.63, 3.8) is 0 Å². The number of esters is 1. The fourth-order valence-electron chi connectivity index (χ4n) is 5.26. The summed E-state index contributed by atoms with van der Waals surface area (Å²) in [5, 5.41) is 24.0. The first-order chi connectivity index (χ1) is 22.0. The molecule has 0 amide bonds. The van der Waals surface area contributed by atoms with Gasteiger partial charge in [-0.2, -0.15) is 0 Å². The van der Waals surface area contributed by atoms with Crippen molar-refractivity contribution in [2.75, 3.05) is 7.05 Å². The maximum absolute atomic E-state index is 13.8. The van der Waals surface area contributed by atoms with Crippen LogP contribution in [-0.2, 0) is 16.1 Å². The lowest BCUT2D eigenvalue weighted by atomic mass is 9.96. The third kappa shape index (κ3) is 11.3. The summed E-state index contributed by atoms with van der Waals surface area (Å²) in [5.74, 6) is -0.877. The van der Waals surface area contributed by atoms with E-state index in [1.807, 2.05) is 80.9 Å². The zero-order valence-electron chi connectivity index (χ0n) is 27.9. The monoisotopic (exact) mass is 632 g/mol. The van der Waals surface area contributed by atoms with Gasteiger partial charge in [-0.15, -0.1) is 0 Å². The van der Waals surface area contributed by atoms with Crippen molar-refractivity contribution in [2.45, 2.75) is 84.7 Å². The maximum Gasteiger partial charge on any atom is 0.308 e. The van der Waals surface area contributed by atoms with Crippen LogP contribution in [0.4, 0.5) is 4.39 Å². The van der Waals surface area contributed by atoms with Gasteiger partial charge in [0.25, 0.3) is 0 Å². The van der Waals surface area contributed by atoms with E-state index in [1.54, 1.807) is 32.1 Å². The highest BCUT2D eigenvalue weighted by Crippen LogP contribution is 2.41. The van der Waals surface area contributed by atoms with Crippen LogP contribution in [0.15, 0.2) is 91.2 Å². The Hall–Kier alpha value is -4.27. The number of nitrogens with one attached hydrogen (secondary N) is 1. The number of nitrogens with zero attached hydrogens (tertiary/aromatic N) is 1. The number of rotatable bonds is 15. The Balaban J connectivity index is 0.000000713. The van der Waals surface area contributed by atoms with Gasteiger partial charge in [0.1, 0.15) is 5.82 Å². The van der Waals surface area contributed by atoms with Gasteiger partial charge in [-0.25, -0.2) is 4.39 Å². The number of allylic oxidation sites excluding steroid dienone is 4. The third-order valence-corrected chi connectivity index (χ3v) is 7.12. The number of hydrogen-bond donors (Lipinski definition) is 3. The fourth-order valence-corrected chi connectivity index (χ4v) is 5.26. The van der Waals surface area contributed by atoms with Crippen molar-refractivity contribution < 1.29 is 28.9 Å². The van der Waals surface area contributed by atoms with Crippen LogP contribution in [0.5, 0.6) is 0 Å². The molecule has 1 aromatic heterocycles. The smallest absolute Gasteiger partial charge is 0.308 e. The molecule has 2 atom stereocenters. The minimum atomic E-state index is -1.03. The van der Waals surface area contributed by atoms with Crippen LogP contribution in [-0.4, -0.2) is 52.4 Å². The number of carbonyl (C=O) groups is 2. The fraction of sp³-hybridized carbons (Fsp3) is 0.368. The maximum atomic E-state index is 13.8. The molecule has 2 unspecified atom stereocenters. The van der Waals surface area contributed by atoms with Crippen LogP contribution in [0.2, 0.25) is 0 Å². The van der Waals surface area contributed by atoms with E-state index >= 15 is 0 Å². The molecule has 248 valence electrons. The van der Waals surface area contributed by atoms with Crippen molar-refractivity contribution in [2.24, 2.45) is 0 Å². The van der Waals surface area contributed by atoms with Crippen molar-refractivity contribution in [1.29, 1.82) is 0 Å². The van der Waals surface area contributed by atoms with Crippen molar-refractivity contribution in [1.82, 2.24) is 9.88 Å². The minimum absolute atomic E-state index is 0.00889. The zero-order valence-corrected chi connectivity index (χ0v) is 27.9. The molecule has 0 aliphatic carbocycles. The largest absolute Gasteiger partial charge is 0.463 e. The Morgan fingerprint density at radius 3 is 2.20 bits per heavy atom. The Kier molecular flexibility index (Phi) is 15.9. The molecule has 8 heteroatoms. The highest BCUT2D eigenvalue weighted by atomic mass is 19.1. The molecular formula is C38H49FN2O5. The number of halogens is 1. The summed E-state index contributed by atoms with van der Waals surface area (Å²) in [4.78, 5) is 24.3. The number of aliphatic hydroxyl groups is 2. The van der Waals surface area contributed by atoms with E-state index in [1.165, 1.54) is 12.1 Å². The van der Waals surface area contributed by atoms with Gasteiger partial charge in [-0.05, 0) is 87.1 Å². The van der Waals surface area contributed by atoms with Gasteiger partial charge in [0.2, 0.25) is 0 Å². The van der Waals surface area contributed by atoms with Crippen LogP contribution in [0.1, 0.15) is 75.9 Å². The average Bonchev–Trinajstić information content (AvgIpc) is 3.35. The van der Waals surface area contributed by atoms with Gasteiger partial charge in [-0.3, -0.25) is 9.59 Å². The van der Waals surface area contributed by atoms with Gasteiger partial charge >= 0.3 is 5.97 Å². The lowest BCUT2D eigenvalue weighted by molar-refractivity contribution is -0.149. The number of benzene rings is 2. The standard InChI is InChI=1S/C30H36FNO5.C8H13N/c1-19(2)29-26(18-33)28(21-8-6-5-7-9-21)30(22-10-12-23(31)13-11-22)32(29)15-14-24(34)16-25(35)17-27(36)37-20(3)4;1-4-6-8(9-3)7-5-2/h5-13,18-20,24-25,34-35H,14-17H2,1-4H3;4-7,9H,1H2,2-3H3/b;7-5-,8-6+. The normalized spacial score (nSPS) is 12.9. The Morgan fingerprint density at radius 1 is 1.02 bits per heavy atom. The van der Waals surface area contributed by atoms with Crippen molar-refractivity contribution in [3.8, 4) is 22.4 Å². The number of aliphatic hydroxyl groups excluding tert-OH is 2. The van der Waals surface area contributed by atoms with Crippen LogP contribution in [0, 0.1) is 5.82 Å².